The van der Waals surface area contributed by atoms with Crippen LogP contribution in [0.4, 0.5) is 0 Å². The number of ether oxygens (including phenoxy) is 1. The highest BCUT2D eigenvalue weighted by atomic mass is 32.2. The molecule has 0 saturated carbocycles. The van der Waals surface area contributed by atoms with Crippen LogP contribution in [0.15, 0.2) is 34.2 Å². The van der Waals surface area contributed by atoms with E-state index in [4.69, 9.17) is 4.74 Å². The number of nitrogens with zero attached hydrogens (tertiary/aromatic N) is 3. The fourth-order valence-corrected chi connectivity index (χ4v) is 4.75. The minimum Gasteiger partial charge on any atom is -0.383 e. The number of aliphatic imine (C=N–C) groups is 1. The largest absolute Gasteiger partial charge is 0.383 e. The van der Waals surface area contributed by atoms with Gasteiger partial charge in [-0.3, -0.25) is 9.89 Å². The fraction of sp³-hybridized carbons (Fsp3) is 0.650. The van der Waals surface area contributed by atoms with Crippen molar-refractivity contribution in [2.24, 2.45) is 4.99 Å². The smallest absolute Gasteiger partial charge is 0.240 e. The quantitative estimate of drug-likeness (QED) is 0.332. The topological polar surface area (TPSA) is 86.3 Å². The Balaban J connectivity index is 1.97. The van der Waals surface area contributed by atoms with E-state index in [0.29, 0.717) is 19.2 Å². The van der Waals surface area contributed by atoms with E-state index < -0.39 is 10.0 Å². The number of sulfonamides is 1. The summed E-state index contributed by atoms with van der Waals surface area (Å²) in [5.74, 6) is 0.853. The summed E-state index contributed by atoms with van der Waals surface area (Å²) >= 11 is 0. The lowest BCUT2D eigenvalue weighted by Crippen LogP contribution is -2.43. The maximum Gasteiger partial charge on any atom is 0.240 e. The molecule has 0 spiro atoms. The van der Waals surface area contributed by atoms with Crippen molar-refractivity contribution in [3.05, 3.63) is 29.8 Å². The van der Waals surface area contributed by atoms with Crippen LogP contribution in [0.5, 0.6) is 0 Å². The summed E-state index contributed by atoms with van der Waals surface area (Å²) in [5.41, 5.74) is 0.889. The van der Waals surface area contributed by atoms with Crippen LogP contribution in [0, 0.1) is 0 Å². The molecule has 0 radical (unpaired) electrons. The van der Waals surface area contributed by atoms with Gasteiger partial charge in [0.2, 0.25) is 10.0 Å². The van der Waals surface area contributed by atoms with E-state index in [2.05, 4.69) is 38.7 Å². The van der Waals surface area contributed by atoms with E-state index in [1.807, 2.05) is 6.07 Å². The molecule has 9 heteroatoms. The third-order valence-corrected chi connectivity index (χ3v) is 6.72. The molecule has 29 heavy (non-hydrogen) atoms. The Hall–Kier alpha value is -1.68. The van der Waals surface area contributed by atoms with Gasteiger partial charge in [0, 0.05) is 46.4 Å². The van der Waals surface area contributed by atoms with Gasteiger partial charge in [-0.1, -0.05) is 26.0 Å². The van der Waals surface area contributed by atoms with E-state index in [-0.39, 0.29) is 11.4 Å². The van der Waals surface area contributed by atoms with E-state index in [1.54, 1.807) is 25.2 Å². The van der Waals surface area contributed by atoms with Crippen molar-refractivity contribution in [2.45, 2.75) is 37.8 Å². The summed E-state index contributed by atoms with van der Waals surface area (Å²) in [6.45, 7) is 9.53. The first-order valence-corrected chi connectivity index (χ1v) is 11.7. The Kier molecular flexibility index (Phi) is 9.35. The minimum absolute atomic E-state index is 0.247. The highest BCUT2D eigenvalue weighted by Gasteiger charge is 2.28. The Labute approximate surface area is 175 Å². The second-order valence-electron chi connectivity index (χ2n) is 7.05. The second-order valence-corrected chi connectivity index (χ2v) is 8.82. The molecule has 8 nitrogen and oxygen atoms in total. The molecule has 1 aromatic carbocycles. The monoisotopic (exact) mass is 425 g/mol. The van der Waals surface area contributed by atoms with Crippen LogP contribution in [-0.4, -0.2) is 83.7 Å². The number of likely N-dealkylation sites (tertiary alicyclic amines) is 1. The Morgan fingerprint density at radius 2 is 2.10 bits per heavy atom. The van der Waals surface area contributed by atoms with Crippen LogP contribution >= 0.6 is 0 Å². The summed E-state index contributed by atoms with van der Waals surface area (Å²) in [7, 11) is -0.216. The number of guanidine groups is 1. The van der Waals surface area contributed by atoms with Crippen molar-refractivity contribution in [3.63, 3.8) is 0 Å². The molecule has 1 fully saturated rings. The molecule has 164 valence electrons. The SMILES string of the molecule is CCN(CC)C1CCN(C(=NC)NCc2cccc(S(=O)(=O)NCCOC)c2)C1. The number of benzene rings is 1. The zero-order valence-corrected chi connectivity index (χ0v) is 18.8. The molecule has 0 bridgehead atoms. The first-order chi connectivity index (χ1) is 13.9. The van der Waals surface area contributed by atoms with Crippen LogP contribution in [0.25, 0.3) is 0 Å². The number of methoxy groups -OCH3 is 1. The van der Waals surface area contributed by atoms with Crippen LogP contribution in [-0.2, 0) is 21.3 Å². The molecule has 1 aliphatic heterocycles. The number of likely N-dealkylation sites (N-methyl/N-ethyl adjacent to an activating group) is 1. The molecule has 0 aliphatic carbocycles. The van der Waals surface area contributed by atoms with Gasteiger partial charge < -0.3 is 15.0 Å². The third kappa shape index (κ3) is 6.67. The van der Waals surface area contributed by atoms with Gasteiger partial charge in [0.25, 0.3) is 0 Å². The van der Waals surface area contributed by atoms with Gasteiger partial charge in [-0.05, 0) is 37.2 Å². The number of nitrogens with one attached hydrogen (secondary N) is 2. The molecule has 1 unspecified atom stereocenters. The van der Waals surface area contributed by atoms with Crippen molar-refractivity contribution >= 4 is 16.0 Å². The molecule has 1 atom stereocenters. The van der Waals surface area contributed by atoms with Crippen LogP contribution in [0.1, 0.15) is 25.8 Å². The normalized spacial score (nSPS) is 17.9. The molecule has 1 aromatic rings. The highest BCUT2D eigenvalue weighted by molar-refractivity contribution is 7.89. The highest BCUT2D eigenvalue weighted by Crippen LogP contribution is 2.16. The van der Waals surface area contributed by atoms with E-state index in [1.165, 1.54) is 7.11 Å². The first-order valence-electron chi connectivity index (χ1n) is 10.2. The van der Waals surface area contributed by atoms with Crippen molar-refractivity contribution in [2.75, 3.05) is 53.5 Å². The Bertz CT molecular complexity index is 765. The van der Waals surface area contributed by atoms with Crippen molar-refractivity contribution in [1.29, 1.82) is 0 Å². The summed E-state index contributed by atoms with van der Waals surface area (Å²) in [4.78, 5) is 9.43. The van der Waals surface area contributed by atoms with Crippen LogP contribution in [0.3, 0.4) is 0 Å². The molecule has 0 aromatic heterocycles. The zero-order chi connectivity index (χ0) is 21.3. The van der Waals surface area contributed by atoms with Gasteiger partial charge in [-0.15, -0.1) is 0 Å². The maximum atomic E-state index is 12.4. The lowest BCUT2D eigenvalue weighted by atomic mass is 10.2. The summed E-state index contributed by atoms with van der Waals surface area (Å²) in [6, 6.07) is 7.52. The molecular weight excluding hydrogens is 390 g/mol. The van der Waals surface area contributed by atoms with Gasteiger partial charge in [-0.25, -0.2) is 13.1 Å². The van der Waals surface area contributed by atoms with Gasteiger partial charge >= 0.3 is 0 Å². The van der Waals surface area contributed by atoms with Crippen LogP contribution in [0.2, 0.25) is 0 Å². The standard InChI is InChI=1S/C20H35N5O3S/c1-5-24(6-2)18-10-12-25(16-18)20(21-3)22-15-17-8-7-9-19(14-17)29(26,27)23-11-13-28-4/h7-9,14,18,23H,5-6,10-13,15-16H2,1-4H3,(H,21,22). The second kappa shape index (κ2) is 11.5. The lowest BCUT2D eigenvalue weighted by molar-refractivity contribution is 0.204. The predicted molar refractivity (Wildman–Crippen MR) is 117 cm³/mol. The van der Waals surface area contributed by atoms with E-state index >= 15 is 0 Å². The average molecular weight is 426 g/mol. The molecule has 2 N–H and O–H groups in total. The molecule has 1 saturated heterocycles. The summed E-state index contributed by atoms with van der Waals surface area (Å²) in [6.07, 6.45) is 1.13. The number of hydrogen-bond acceptors (Lipinski definition) is 5. The lowest BCUT2D eigenvalue weighted by Gasteiger charge is -2.27. The predicted octanol–water partition coefficient (Wildman–Crippen LogP) is 1.10. The summed E-state index contributed by atoms with van der Waals surface area (Å²) in [5, 5.41) is 3.38. The van der Waals surface area contributed by atoms with Crippen molar-refractivity contribution in [3.8, 4) is 0 Å². The van der Waals surface area contributed by atoms with E-state index in [9.17, 15) is 8.42 Å². The minimum atomic E-state index is -3.54. The zero-order valence-electron chi connectivity index (χ0n) is 18.0. The number of rotatable bonds is 10. The molecule has 1 aliphatic rings. The van der Waals surface area contributed by atoms with Crippen molar-refractivity contribution in [1.82, 2.24) is 19.8 Å². The van der Waals surface area contributed by atoms with Gasteiger partial charge in [-0.2, -0.15) is 0 Å². The van der Waals surface area contributed by atoms with Gasteiger partial charge in [0.15, 0.2) is 5.96 Å². The van der Waals surface area contributed by atoms with Gasteiger partial charge in [0.1, 0.15) is 0 Å². The molecule has 1 heterocycles. The first kappa shape index (κ1) is 23.6. The molecular formula is C20H35N5O3S. The Morgan fingerprint density at radius 1 is 1.34 bits per heavy atom. The fourth-order valence-electron chi connectivity index (χ4n) is 3.67. The molecule has 0 amide bonds. The van der Waals surface area contributed by atoms with Crippen LogP contribution < -0.4 is 10.0 Å². The third-order valence-electron chi connectivity index (χ3n) is 5.26. The Morgan fingerprint density at radius 3 is 2.76 bits per heavy atom. The average Bonchev–Trinajstić information content (AvgIpc) is 3.19. The molecule has 2 rings (SSSR count). The van der Waals surface area contributed by atoms with Crippen molar-refractivity contribution < 1.29 is 13.2 Å². The summed E-state index contributed by atoms with van der Waals surface area (Å²) < 4.78 is 32.2. The number of hydrogen-bond donors (Lipinski definition) is 2. The van der Waals surface area contributed by atoms with E-state index in [0.717, 1.165) is 44.1 Å². The maximum absolute atomic E-state index is 12.4. The van der Waals surface area contributed by atoms with Gasteiger partial charge in [0.05, 0.1) is 11.5 Å².